The van der Waals surface area contributed by atoms with Gasteiger partial charge in [-0.25, -0.2) is 0 Å². The van der Waals surface area contributed by atoms with Crippen LogP contribution in [0.4, 0.5) is 0 Å². The van der Waals surface area contributed by atoms with E-state index in [2.05, 4.69) is 86.5 Å². The Morgan fingerprint density at radius 1 is 0.775 bits per heavy atom. The molecule has 1 aromatic heterocycles. The molecule has 1 unspecified atom stereocenters. The summed E-state index contributed by atoms with van der Waals surface area (Å²) in [5.41, 5.74) is 7.94. The first kappa shape index (κ1) is 28.5. The summed E-state index contributed by atoms with van der Waals surface area (Å²) in [5, 5.41) is 11.6. The summed E-state index contributed by atoms with van der Waals surface area (Å²) in [4.78, 5) is 6.95. The van der Waals surface area contributed by atoms with Crippen LogP contribution in [0.2, 0.25) is 5.02 Å². The number of hydrogen-bond donors (Lipinski definition) is 3. The Morgan fingerprint density at radius 2 is 1.57 bits per heavy atom. The molecule has 208 valence electrons. The van der Waals surface area contributed by atoms with E-state index in [1.807, 2.05) is 36.5 Å². The number of fused-ring (bicyclic) bond motifs is 1. The number of benzene rings is 2. The number of nitrogens with zero attached hydrogens (tertiary/aromatic N) is 2. The van der Waals surface area contributed by atoms with Crippen LogP contribution in [0.1, 0.15) is 22.4 Å². The Kier molecular flexibility index (Phi) is 10.7. The molecule has 0 spiro atoms. The molecule has 1 atom stereocenters. The van der Waals surface area contributed by atoms with E-state index in [1.165, 1.54) is 27.8 Å². The van der Waals surface area contributed by atoms with E-state index in [0.29, 0.717) is 5.92 Å². The van der Waals surface area contributed by atoms with E-state index in [4.69, 9.17) is 11.6 Å². The summed E-state index contributed by atoms with van der Waals surface area (Å²) in [6.07, 6.45) is 11.9. The molecular weight excluding hydrogens is 514 g/mol. The second-order valence-corrected chi connectivity index (χ2v) is 11.0. The SMILES string of the molecule is Clc1cccc(CCNCc2ccc(CN(CCNCC3=CC=CC4C=C34)CCNCc3ccccn3)cc2)c1. The zero-order valence-corrected chi connectivity index (χ0v) is 23.9. The maximum absolute atomic E-state index is 6.10. The predicted octanol–water partition coefficient (Wildman–Crippen LogP) is 5.30. The quantitative estimate of drug-likeness (QED) is 0.198. The normalized spacial score (nSPS) is 15.6. The Bertz CT molecular complexity index is 1300. The fourth-order valence-electron chi connectivity index (χ4n) is 5.04. The van der Waals surface area contributed by atoms with Gasteiger partial charge < -0.3 is 16.0 Å². The number of nitrogens with one attached hydrogen (secondary N) is 3. The van der Waals surface area contributed by atoms with Crippen molar-refractivity contribution in [2.45, 2.75) is 26.1 Å². The van der Waals surface area contributed by atoms with Crippen LogP contribution in [-0.4, -0.2) is 49.2 Å². The number of halogens is 1. The zero-order valence-electron chi connectivity index (χ0n) is 23.2. The van der Waals surface area contributed by atoms with E-state index in [1.54, 1.807) is 0 Å². The molecular formula is C34H40ClN5. The van der Waals surface area contributed by atoms with E-state index >= 15 is 0 Å². The molecule has 3 aromatic rings. The average molecular weight is 554 g/mol. The highest BCUT2D eigenvalue weighted by molar-refractivity contribution is 6.30. The van der Waals surface area contributed by atoms with Gasteiger partial charge in [0.15, 0.2) is 0 Å². The van der Waals surface area contributed by atoms with Crippen molar-refractivity contribution in [3.8, 4) is 0 Å². The third-order valence-corrected chi connectivity index (χ3v) is 7.63. The molecule has 2 aliphatic carbocycles. The summed E-state index contributed by atoms with van der Waals surface area (Å²) in [6, 6.07) is 23.2. The van der Waals surface area contributed by atoms with E-state index in [-0.39, 0.29) is 0 Å². The number of rotatable bonds is 17. The van der Waals surface area contributed by atoms with Crippen molar-refractivity contribution in [1.82, 2.24) is 25.8 Å². The zero-order chi connectivity index (χ0) is 27.4. The van der Waals surface area contributed by atoms with Crippen molar-refractivity contribution in [3.05, 3.63) is 136 Å². The van der Waals surface area contributed by atoms with Gasteiger partial charge in [0.25, 0.3) is 0 Å². The standard InChI is InChI=1S/C34H40ClN5/c35-32-8-3-5-27(21-32)14-16-36-23-28-10-12-29(13-11-28)26-40(20-18-38-25-33-9-1-2-15-39-33)19-17-37-24-31-7-4-6-30-22-34(30)31/h1-13,15,21-22,30,36-38H,14,16-20,23-26H2. The Labute approximate surface area is 244 Å². The molecule has 5 rings (SSSR count). The van der Waals surface area contributed by atoms with Crippen LogP contribution in [-0.2, 0) is 26.1 Å². The van der Waals surface area contributed by atoms with Crippen LogP contribution in [0.3, 0.4) is 0 Å². The fraction of sp³-hybridized carbons (Fsp3) is 0.324. The van der Waals surface area contributed by atoms with E-state index in [0.717, 1.165) is 76.0 Å². The molecule has 2 aliphatic rings. The highest BCUT2D eigenvalue weighted by Gasteiger charge is 2.26. The van der Waals surface area contributed by atoms with Crippen LogP contribution in [0.25, 0.3) is 0 Å². The second-order valence-electron chi connectivity index (χ2n) is 10.5. The number of aromatic nitrogens is 1. The number of allylic oxidation sites excluding steroid dienone is 4. The molecule has 3 N–H and O–H groups in total. The first-order chi connectivity index (χ1) is 19.7. The van der Waals surface area contributed by atoms with Crippen LogP contribution < -0.4 is 16.0 Å². The third-order valence-electron chi connectivity index (χ3n) is 7.39. The van der Waals surface area contributed by atoms with Crippen LogP contribution in [0, 0.1) is 5.92 Å². The first-order valence-electron chi connectivity index (χ1n) is 14.4. The molecule has 2 aromatic carbocycles. The summed E-state index contributed by atoms with van der Waals surface area (Å²) < 4.78 is 0. The fourth-order valence-corrected chi connectivity index (χ4v) is 5.25. The molecule has 1 heterocycles. The molecule has 6 heteroatoms. The van der Waals surface area contributed by atoms with Gasteiger partial charge in [0.2, 0.25) is 0 Å². The predicted molar refractivity (Wildman–Crippen MR) is 166 cm³/mol. The van der Waals surface area contributed by atoms with Gasteiger partial charge in [0.05, 0.1) is 5.69 Å². The van der Waals surface area contributed by atoms with E-state index in [9.17, 15) is 0 Å². The lowest BCUT2D eigenvalue weighted by molar-refractivity contribution is 0.265. The summed E-state index contributed by atoms with van der Waals surface area (Å²) in [6.45, 7) is 8.36. The largest absolute Gasteiger partial charge is 0.312 e. The van der Waals surface area contributed by atoms with Crippen molar-refractivity contribution < 1.29 is 0 Å². The summed E-state index contributed by atoms with van der Waals surface area (Å²) in [5.74, 6) is 0.601. The minimum absolute atomic E-state index is 0.601. The number of pyridine rings is 1. The summed E-state index contributed by atoms with van der Waals surface area (Å²) in [7, 11) is 0. The van der Waals surface area contributed by atoms with Crippen molar-refractivity contribution in [2.24, 2.45) is 5.92 Å². The van der Waals surface area contributed by atoms with Gasteiger partial charge in [-0.3, -0.25) is 9.88 Å². The Morgan fingerprint density at radius 3 is 2.38 bits per heavy atom. The van der Waals surface area contributed by atoms with Gasteiger partial charge >= 0.3 is 0 Å². The molecule has 0 radical (unpaired) electrons. The van der Waals surface area contributed by atoms with Crippen LogP contribution in [0.5, 0.6) is 0 Å². The second kappa shape index (κ2) is 15.1. The summed E-state index contributed by atoms with van der Waals surface area (Å²) >= 11 is 6.10. The molecule has 5 nitrogen and oxygen atoms in total. The minimum atomic E-state index is 0.601. The molecule has 0 saturated carbocycles. The average Bonchev–Trinajstić information content (AvgIpc) is 3.78. The van der Waals surface area contributed by atoms with Gasteiger partial charge in [-0.1, -0.05) is 78.4 Å². The maximum atomic E-state index is 6.10. The van der Waals surface area contributed by atoms with Gasteiger partial charge in [-0.2, -0.15) is 0 Å². The number of hydrogen-bond acceptors (Lipinski definition) is 5. The van der Waals surface area contributed by atoms with Gasteiger partial charge in [0, 0.05) is 69.5 Å². The lowest BCUT2D eigenvalue weighted by Gasteiger charge is -2.23. The van der Waals surface area contributed by atoms with Gasteiger partial charge in [-0.05, 0) is 65.1 Å². The maximum Gasteiger partial charge on any atom is 0.0541 e. The van der Waals surface area contributed by atoms with Crippen LogP contribution >= 0.6 is 11.6 Å². The third kappa shape index (κ3) is 9.26. The first-order valence-corrected chi connectivity index (χ1v) is 14.8. The van der Waals surface area contributed by atoms with Crippen molar-refractivity contribution >= 4 is 11.6 Å². The van der Waals surface area contributed by atoms with E-state index < -0.39 is 0 Å². The van der Waals surface area contributed by atoms with Crippen molar-refractivity contribution in [3.63, 3.8) is 0 Å². The molecule has 0 aliphatic heterocycles. The topological polar surface area (TPSA) is 52.2 Å². The molecule has 0 bridgehead atoms. The van der Waals surface area contributed by atoms with Gasteiger partial charge in [0.1, 0.15) is 0 Å². The molecule has 0 fully saturated rings. The smallest absolute Gasteiger partial charge is 0.0541 e. The molecule has 0 saturated heterocycles. The van der Waals surface area contributed by atoms with Gasteiger partial charge in [-0.15, -0.1) is 0 Å². The molecule has 40 heavy (non-hydrogen) atoms. The lowest BCUT2D eigenvalue weighted by Crippen LogP contribution is -2.37. The Balaban J connectivity index is 1.06. The molecule has 0 amide bonds. The lowest BCUT2D eigenvalue weighted by atomic mass is 10.1. The highest BCUT2D eigenvalue weighted by atomic mass is 35.5. The monoisotopic (exact) mass is 553 g/mol. The Hall–Kier alpha value is -3.06. The van der Waals surface area contributed by atoms with Crippen molar-refractivity contribution in [2.75, 3.05) is 39.3 Å². The van der Waals surface area contributed by atoms with Crippen molar-refractivity contribution in [1.29, 1.82) is 0 Å². The van der Waals surface area contributed by atoms with Crippen LogP contribution in [0.15, 0.2) is 108 Å². The minimum Gasteiger partial charge on any atom is -0.312 e. The highest BCUT2D eigenvalue weighted by Crippen LogP contribution is 2.38.